The standard InChI is InChI=1S/C20H18N6O3/c1-12-8-15(14-4-5-17(28-2)24-19(14)29-3)23-16-11-26(20(27)18(12)16)13-9-22-25(10-13)7-6-21/h4-5,8-10H,7,11H2,1-3H3. The zero-order valence-electron chi connectivity index (χ0n) is 16.2. The molecular formula is C20H18N6O3. The molecular weight excluding hydrogens is 372 g/mol. The lowest BCUT2D eigenvalue weighted by molar-refractivity contribution is 0.0996. The Morgan fingerprint density at radius 3 is 2.79 bits per heavy atom. The molecule has 146 valence electrons. The Balaban J connectivity index is 1.72. The molecule has 0 aliphatic carbocycles. The summed E-state index contributed by atoms with van der Waals surface area (Å²) in [6, 6.07) is 7.45. The van der Waals surface area contributed by atoms with Gasteiger partial charge in [-0.3, -0.25) is 14.4 Å². The number of rotatable bonds is 5. The fourth-order valence-electron chi connectivity index (χ4n) is 3.39. The number of aryl methyl sites for hydroxylation is 1. The fourth-order valence-corrected chi connectivity index (χ4v) is 3.39. The Labute approximate surface area is 167 Å². The van der Waals surface area contributed by atoms with Crippen LogP contribution in [0.4, 0.5) is 5.69 Å². The summed E-state index contributed by atoms with van der Waals surface area (Å²) >= 11 is 0. The maximum atomic E-state index is 13.0. The first-order valence-corrected chi connectivity index (χ1v) is 8.87. The van der Waals surface area contributed by atoms with E-state index >= 15 is 0 Å². The van der Waals surface area contributed by atoms with E-state index in [1.165, 1.54) is 18.9 Å². The van der Waals surface area contributed by atoms with Crippen molar-refractivity contribution in [1.82, 2.24) is 19.7 Å². The number of hydrogen-bond acceptors (Lipinski definition) is 7. The minimum absolute atomic E-state index is 0.126. The number of pyridine rings is 2. The van der Waals surface area contributed by atoms with E-state index < -0.39 is 0 Å². The van der Waals surface area contributed by atoms with Crippen molar-refractivity contribution in [2.45, 2.75) is 20.0 Å². The lowest BCUT2D eigenvalue weighted by Gasteiger charge is -2.11. The monoisotopic (exact) mass is 390 g/mol. The second-order valence-electron chi connectivity index (χ2n) is 6.50. The smallest absolute Gasteiger partial charge is 0.260 e. The number of ether oxygens (including phenoxy) is 2. The number of carbonyl (C=O) groups is 1. The molecule has 4 heterocycles. The Hall–Kier alpha value is -3.93. The highest BCUT2D eigenvalue weighted by molar-refractivity contribution is 6.10. The van der Waals surface area contributed by atoms with Crippen molar-refractivity contribution in [1.29, 1.82) is 5.26 Å². The lowest BCUT2D eigenvalue weighted by Crippen LogP contribution is -2.22. The van der Waals surface area contributed by atoms with Crippen molar-refractivity contribution in [2.75, 3.05) is 19.1 Å². The van der Waals surface area contributed by atoms with Gasteiger partial charge in [0.2, 0.25) is 11.8 Å². The number of carbonyl (C=O) groups excluding carboxylic acids is 1. The highest BCUT2D eigenvalue weighted by Gasteiger charge is 2.33. The van der Waals surface area contributed by atoms with Crippen LogP contribution in [0.25, 0.3) is 11.3 Å². The van der Waals surface area contributed by atoms with Gasteiger partial charge in [0.15, 0.2) is 0 Å². The van der Waals surface area contributed by atoms with Crippen LogP contribution in [0.5, 0.6) is 11.8 Å². The maximum absolute atomic E-state index is 13.0. The van der Waals surface area contributed by atoms with Gasteiger partial charge >= 0.3 is 0 Å². The van der Waals surface area contributed by atoms with Gasteiger partial charge in [-0.2, -0.15) is 15.3 Å². The largest absolute Gasteiger partial charge is 0.481 e. The van der Waals surface area contributed by atoms with E-state index in [0.29, 0.717) is 46.5 Å². The van der Waals surface area contributed by atoms with Gasteiger partial charge in [-0.05, 0) is 24.6 Å². The first kappa shape index (κ1) is 18.4. The molecule has 0 bridgehead atoms. The predicted octanol–water partition coefficient (Wildman–Crippen LogP) is 2.35. The summed E-state index contributed by atoms with van der Waals surface area (Å²) in [5.74, 6) is 0.710. The third-order valence-corrected chi connectivity index (χ3v) is 4.74. The van der Waals surface area contributed by atoms with Crippen LogP contribution in [-0.2, 0) is 13.1 Å². The topological polar surface area (TPSA) is 106 Å². The molecule has 0 unspecified atom stereocenters. The molecule has 9 nitrogen and oxygen atoms in total. The molecule has 29 heavy (non-hydrogen) atoms. The third-order valence-electron chi connectivity index (χ3n) is 4.74. The van der Waals surface area contributed by atoms with Gasteiger partial charge in [0.25, 0.3) is 5.91 Å². The van der Waals surface area contributed by atoms with E-state index in [-0.39, 0.29) is 12.5 Å². The molecule has 0 atom stereocenters. The summed E-state index contributed by atoms with van der Waals surface area (Å²) in [7, 11) is 3.08. The van der Waals surface area contributed by atoms with Gasteiger partial charge in [0.05, 0.1) is 61.2 Å². The van der Waals surface area contributed by atoms with E-state index in [1.807, 2.05) is 25.1 Å². The lowest BCUT2D eigenvalue weighted by atomic mass is 10.0. The van der Waals surface area contributed by atoms with E-state index in [4.69, 9.17) is 19.7 Å². The Kier molecular flexibility index (Phi) is 4.60. The number of fused-ring (bicyclic) bond motifs is 1. The molecule has 0 N–H and O–H groups in total. The summed E-state index contributed by atoms with van der Waals surface area (Å²) < 4.78 is 12.0. The SMILES string of the molecule is COc1ccc(-c2cc(C)c3c(n2)CN(c2cnn(CC#N)c2)C3=O)c(OC)n1. The van der Waals surface area contributed by atoms with Crippen LogP contribution in [0, 0.1) is 18.3 Å². The van der Waals surface area contributed by atoms with Crippen molar-refractivity contribution in [3.05, 3.63) is 47.4 Å². The molecule has 9 heteroatoms. The van der Waals surface area contributed by atoms with Gasteiger partial charge in [0.1, 0.15) is 6.54 Å². The highest BCUT2D eigenvalue weighted by atomic mass is 16.5. The van der Waals surface area contributed by atoms with Gasteiger partial charge in [-0.1, -0.05) is 0 Å². The second-order valence-corrected chi connectivity index (χ2v) is 6.50. The molecule has 0 spiro atoms. The van der Waals surface area contributed by atoms with Crippen molar-refractivity contribution >= 4 is 11.6 Å². The zero-order valence-corrected chi connectivity index (χ0v) is 16.2. The van der Waals surface area contributed by atoms with Crippen molar-refractivity contribution in [2.24, 2.45) is 0 Å². The molecule has 0 radical (unpaired) electrons. The highest BCUT2D eigenvalue weighted by Crippen LogP contribution is 2.34. The molecule has 4 rings (SSSR count). The molecule has 3 aromatic rings. The summed E-state index contributed by atoms with van der Waals surface area (Å²) in [5.41, 5.74) is 4.10. The Bertz CT molecular complexity index is 1150. The maximum Gasteiger partial charge on any atom is 0.260 e. The van der Waals surface area contributed by atoms with Gasteiger partial charge in [-0.15, -0.1) is 0 Å². The number of nitriles is 1. The first-order valence-electron chi connectivity index (χ1n) is 8.87. The van der Waals surface area contributed by atoms with Gasteiger partial charge in [0, 0.05) is 12.3 Å². The van der Waals surface area contributed by atoms with Crippen LogP contribution in [0.3, 0.4) is 0 Å². The number of amides is 1. The molecule has 1 amide bonds. The van der Waals surface area contributed by atoms with Crippen LogP contribution < -0.4 is 14.4 Å². The molecule has 1 aliphatic heterocycles. The van der Waals surface area contributed by atoms with Gasteiger partial charge < -0.3 is 9.47 Å². The first-order chi connectivity index (χ1) is 14.0. The van der Waals surface area contributed by atoms with E-state index in [1.54, 1.807) is 23.4 Å². The van der Waals surface area contributed by atoms with Crippen molar-refractivity contribution in [3.63, 3.8) is 0 Å². The average Bonchev–Trinajstić information content (AvgIpc) is 3.32. The van der Waals surface area contributed by atoms with Crippen LogP contribution in [-0.4, -0.2) is 39.9 Å². The van der Waals surface area contributed by atoms with Crippen LogP contribution in [0.15, 0.2) is 30.6 Å². The summed E-state index contributed by atoms with van der Waals surface area (Å²) in [6.07, 6.45) is 3.26. The zero-order chi connectivity index (χ0) is 20.5. The summed E-state index contributed by atoms with van der Waals surface area (Å²) in [4.78, 5) is 23.6. The third kappa shape index (κ3) is 3.14. The summed E-state index contributed by atoms with van der Waals surface area (Å²) in [5, 5.41) is 12.9. The molecule has 0 saturated carbocycles. The van der Waals surface area contributed by atoms with Crippen LogP contribution in [0.1, 0.15) is 21.6 Å². The second kappa shape index (κ2) is 7.24. The van der Waals surface area contributed by atoms with Crippen molar-refractivity contribution < 1.29 is 14.3 Å². The number of anilines is 1. The van der Waals surface area contributed by atoms with Crippen molar-refractivity contribution in [3.8, 4) is 29.1 Å². The van der Waals surface area contributed by atoms with E-state index in [0.717, 1.165) is 5.56 Å². The quantitative estimate of drug-likeness (QED) is 0.658. The van der Waals surface area contributed by atoms with E-state index in [9.17, 15) is 4.79 Å². The van der Waals surface area contributed by atoms with Crippen LogP contribution in [0.2, 0.25) is 0 Å². The number of nitrogens with zero attached hydrogens (tertiary/aromatic N) is 6. The van der Waals surface area contributed by atoms with Crippen LogP contribution >= 0.6 is 0 Å². The minimum atomic E-state index is -0.132. The summed E-state index contributed by atoms with van der Waals surface area (Å²) in [6.45, 7) is 2.33. The number of methoxy groups -OCH3 is 2. The molecule has 0 saturated heterocycles. The Morgan fingerprint density at radius 2 is 2.07 bits per heavy atom. The fraction of sp³-hybridized carbons (Fsp3) is 0.250. The van der Waals surface area contributed by atoms with E-state index in [2.05, 4.69) is 10.1 Å². The molecule has 0 aromatic carbocycles. The number of aromatic nitrogens is 4. The average molecular weight is 390 g/mol. The Morgan fingerprint density at radius 1 is 1.24 bits per heavy atom. The normalized spacial score (nSPS) is 12.6. The molecule has 0 fully saturated rings. The molecule has 1 aliphatic rings. The minimum Gasteiger partial charge on any atom is -0.481 e. The van der Waals surface area contributed by atoms with Gasteiger partial charge in [-0.25, -0.2) is 4.98 Å². The molecule has 3 aromatic heterocycles. The predicted molar refractivity (Wildman–Crippen MR) is 104 cm³/mol. The number of hydrogen-bond donors (Lipinski definition) is 0.